The minimum absolute atomic E-state index is 0.0119. The monoisotopic (exact) mass is 412 g/mol. The molecule has 4 aromatic rings. The van der Waals surface area contributed by atoms with Crippen LogP contribution in [0.25, 0.3) is 27.3 Å². The fourth-order valence-electron chi connectivity index (χ4n) is 3.12. The van der Waals surface area contributed by atoms with Crippen molar-refractivity contribution in [1.82, 2.24) is 0 Å². The summed E-state index contributed by atoms with van der Waals surface area (Å²) < 4.78 is 15.2. The molecule has 0 atom stereocenters. The van der Waals surface area contributed by atoms with Gasteiger partial charge < -0.3 is 34.0 Å². The molecular weight excluding hydrogens is 400 g/mol. The van der Waals surface area contributed by atoms with Crippen molar-refractivity contribution in [3.63, 3.8) is 0 Å². The molecule has 4 N–H and O–H groups in total. The van der Waals surface area contributed by atoms with Crippen LogP contribution in [-0.2, 0) is 9.53 Å². The summed E-state index contributed by atoms with van der Waals surface area (Å²) in [5, 5.41) is 38.7. The van der Waals surface area contributed by atoms with Gasteiger partial charge in [0.25, 0.3) is 5.95 Å². The van der Waals surface area contributed by atoms with Gasteiger partial charge in [-0.15, -0.1) is 0 Å². The third-order valence-corrected chi connectivity index (χ3v) is 4.51. The fraction of sp³-hybridized carbons (Fsp3) is 0.0500. The normalized spacial score (nSPS) is 12.3. The Balaban J connectivity index is 2.25. The van der Waals surface area contributed by atoms with E-state index in [-0.39, 0.29) is 32.9 Å². The molecule has 4 rings (SSSR count). The first kappa shape index (κ1) is 18.9. The van der Waals surface area contributed by atoms with Crippen LogP contribution in [0.4, 0.5) is 0 Å². The van der Waals surface area contributed by atoms with E-state index in [0.29, 0.717) is 0 Å². The number of phenols is 3. The number of carbonyl (C=O) groups is 1. The molecule has 0 saturated heterocycles. The third-order valence-electron chi connectivity index (χ3n) is 4.51. The van der Waals surface area contributed by atoms with Crippen LogP contribution >= 0.6 is 0 Å². The quantitative estimate of drug-likeness (QED) is 0.273. The summed E-state index contributed by atoms with van der Waals surface area (Å²) in [5.41, 5.74) is -2.91. The van der Waals surface area contributed by atoms with Gasteiger partial charge in [-0.2, -0.15) is 0 Å². The van der Waals surface area contributed by atoms with Crippen molar-refractivity contribution in [2.75, 3.05) is 7.11 Å². The molecule has 2 aromatic carbocycles. The van der Waals surface area contributed by atoms with Crippen molar-refractivity contribution < 1.29 is 38.8 Å². The minimum Gasteiger partial charge on any atom is -0.504 e. The van der Waals surface area contributed by atoms with E-state index in [9.17, 15) is 34.8 Å². The van der Waals surface area contributed by atoms with Crippen LogP contribution in [0.15, 0.2) is 48.8 Å². The maximum absolute atomic E-state index is 12.6. The molecule has 0 spiro atoms. The topological polar surface area (TPSA) is 168 Å². The zero-order valence-corrected chi connectivity index (χ0v) is 15.1. The highest BCUT2D eigenvalue weighted by Gasteiger charge is 2.24. The average Bonchev–Trinajstić information content (AvgIpc) is 3.02. The van der Waals surface area contributed by atoms with Crippen molar-refractivity contribution >= 4 is 33.3 Å². The number of esters is 1. The first-order chi connectivity index (χ1) is 14.2. The number of benzene rings is 2. The zero-order valence-electron chi connectivity index (χ0n) is 15.1. The molecule has 0 amide bonds. The van der Waals surface area contributed by atoms with Crippen molar-refractivity contribution in [3.8, 4) is 23.2 Å². The van der Waals surface area contributed by atoms with Gasteiger partial charge in [-0.3, -0.25) is 4.79 Å². The number of aromatic hydroxyl groups is 4. The Bertz CT molecular complexity index is 1520. The summed E-state index contributed by atoms with van der Waals surface area (Å²) in [5.74, 6) is -3.38. The van der Waals surface area contributed by atoms with Gasteiger partial charge in [-0.1, -0.05) is 6.07 Å². The number of fused-ring (bicyclic) bond motifs is 3. The lowest BCUT2D eigenvalue weighted by Gasteiger charge is -2.06. The molecule has 0 aliphatic rings. The van der Waals surface area contributed by atoms with E-state index in [0.717, 1.165) is 31.4 Å². The molecule has 0 aliphatic heterocycles. The van der Waals surface area contributed by atoms with Gasteiger partial charge >= 0.3 is 11.6 Å². The summed E-state index contributed by atoms with van der Waals surface area (Å²) in [6, 6.07) is 5.26. The third kappa shape index (κ3) is 2.70. The lowest BCUT2D eigenvalue weighted by atomic mass is 10.0. The van der Waals surface area contributed by atoms with Crippen LogP contribution in [0.3, 0.4) is 0 Å². The predicted octanol–water partition coefficient (Wildman–Crippen LogP) is 0.813. The number of phenolic OH excluding ortho intramolecular Hbond substituents is 3. The summed E-state index contributed by atoms with van der Waals surface area (Å²) in [6.07, 6.45) is 0. The number of hydrogen-bond donors (Lipinski definition) is 4. The molecule has 0 radical (unpaired) electrons. The summed E-state index contributed by atoms with van der Waals surface area (Å²) >= 11 is 0. The highest BCUT2D eigenvalue weighted by molar-refractivity contribution is 6.18. The molecule has 0 bridgehead atoms. The summed E-state index contributed by atoms with van der Waals surface area (Å²) in [7, 11) is 1.07. The molecule has 10 heteroatoms. The minimum atomic E-state index is -0.983. The SMILES string of the molecule is COC(=O)/C(c1ccc(O)c(O)c1)=c1/oc(=O)c2c1oc(O)c1cc(O)c(=O)cc12. The number of rotatable bonds is 2. The van der Waals surface area contributed by atoms with Crippen LogP contribution in [0, 0.1) is 0 Å². The van der Waals surface area contributed by atoms with Crippen molar-refractivity contribution in [2.45, 2.75) is 0 Å². The van der Waals surface area contributed by atoms with Gasteiger partial charge in [0, 0.05) is 5.39 Å². The second kappa shape index (κ2) is 6.55. The van der Waals surface area contributed by atoms with E-state index in [1.54, 1.807) is 0 Å². The molecule has 2 heterocycles. The second-order valence-electron chi connectivity index (χ2n) is 6.27. The van der Waals surface area contributed by atoms with E-state index in [1.807, 2.05) is 0 Å². The van der Waals surface area contributed by atoms with E-state index in [4.69, 9.17) is 13.6 Å². The second-order valence-corrected chi connectivity index (χ2v) is 6.27. The maximum Gasteiger partial charge on any atom is 0.348 e. The molecule has 0 unspecified atom stereocenters. The standard InChI is InChI=1S/C20H12O10/c1-28-19(26)14(7-2-3-10(21)11(22)4-7)16-17-15(20(27)30-16)8-5-12(23)13(24)6-9(8)18(25)29-17/h2-6,21-22,24-25H,1H3/b16-14+. The van der Waals surface area contributed by atoms with Gasteiger partial charge in [-0.25, -0.2) is 9.59 Å². The molecule has 0 fully saturated rings. The van der Waals surface area contributed by atoms with Crippen LogP contribution in [0.2, 0.25) is 0 Å². The number of ether oxygens (including phenoxy) is 1. The van der Waals surface area contributed by atoms with E-state index < -0.39 is 45.6 Å². The molecule has 2 aromatic heterocycles. The van der Waals surface area contributed by atoms with Crippen LogP contribution < -0.4 is 16.5 Å². The Labute approximate surface area is 165 Å². The largest absolute Gasteiger partial charge is 0.504 e. The first-order valence-corrected chi connectivity index (χ1v) is 8.33. The molecule has 0 saturated carbocycles. The fourth-order valence-corrected chi connectivity index (χ4v) is 3.12. The molecule has 0 aliphatic carbocycles. The van der Waals surface area contributed by atoms with Gasteiger partial charge in [0.2, 0.25) is 5.43 Å². The lowest BCUT2D eigenvalue weighted by Crippen LogP contribution is -2.16. The van der Waals surface area contributed by atoms with Crippen molar-refractivity contribution in [1.29, 1.82) is 0 Å². The number of hydrogen-bond acceptors (Lipinski definition) is 10. The Morgan fingerprint density at radius 1 is 0.900 bits per heavy atom. The van der Waals surface area contributed by atoms with Gasteiger partial charge in [0.05, 0.1) is 12.5 Å². The molecule has 152 valence electrons. The molecular formula is C20H12O10. The summed E-state index contributed by atoms with van der Waals surface area (Å²) in [4.78, 5) is 36.9. The average molecular weight is 412 g/mol. The van der Waals surface area contributed by atoms with Crippen molar-refractivity contribution in [3.05, 3.63) is 62.0 Å². The molecule has 30 heavy (non-hydrogen) atoms. The Morgan fingerprint density at radius 2 is 1.63 bits per heavy atom. The lowest BCUT2D eigenvalue weighted by molar-refractivity contribution is -0.133. The number of methoxy groups -OCH3 is 1. The predicted molar refractivity (Wildman–Crippen MR) is 101 cm³/mol. The van der Waals surface area contributed by atoms with E-state index in [2.05, 4.69) is 0 Å². The zero-order chi connectivity index (χ0) is 21.7. The maximum atomic E-state index is 12.6. The van der Waals surface area contributed by atoms with E-state index in [1.165, 1.54) is 6.07 Å². The molecule has 10 nitrogen and oxygen atoms in total. The van der Waals surface area contributed by atoms with Gasteiger partial charge in [0.15, 0.2) is 28.2 Å². The number of furan rings is 1. The number of carbonyl (C=O) groups excluding carboxylic acids is 1. The van der Waals surface area contributed by atoms with Crippen molar-refractivity contribution in [2.24, 2.45) is 0 Å². The highest BCUT2D eigenvalue weighted by Crippen LogP contribution is 2.32. The van der Waals surface area contributed by atoms with E-state index >= 15 is 0 Å². The Kier molecular flexibility index (Phi) is 4.12. The summed E-state index contributed by atoms with van der Waals surface area (Å²) in [6.45, 7) is 0. The van der Waals surface area contributed by atoms with Crippen LogP contribution in [-0.4, -0.2) is 33.5 Å². The smallest absolute Gasteiger partial charge is 0.348 e. The van der Waals surface area contributed by atoms with Crippen LogP contribution in [0.1, 0.15) is 5.56 Å². The Hall–Kier alpha value is -4.47. The van der Waals surface area contributed by atoms with Gasteiger partial charge in [0.1, 0.15) is 11.0 Å². The Morgan fingerprint density at radius 3 is 2.30 bits per heavy atom. The first-order valence-electron chi connectivity index (χ1n) is 8.33. The highest BCUT2D eigenvalue weighted by atomic mass is 16.5. The van der Waals surface area contributed by atoms with Gasteiger partial charge in [-0.05, 0) is 29.8 Å². The van der Waals surface area contributed by atoms with Crippen LogP contribution in [0.5, 0.6) is 23.2 Å².